The number of carbonyl (C=O) groups is 1. The van der Waals surface area contributed by atoms with Crippen LogP contribution in [0.15, 0.2) is 29.4 Å². The molecule has 0 saturated carbocycles. The van der Waals surface area contributed by atoms with Crippen molar-refractivity contribution >= 4 is 5.91 Å². The maximum Gasteiger partial charge on any atom is 0.249 e. The van der Waals surface area contributed by atoms with Crippen LogP contribution in [0.4, 0.5) is 0 Å². The van der Waals surface area contributed by atoms with Crippen LogP contribution in [0.1, 0.15) is 15.9 Å². The van der Waals surface area contributed by atoms with Crippen molar-refractivity contribution < 1.29 is 9.90 Å². The number of nitrogens with zero attached hydrogens (tertiary/aromatic N) is 3. The Morgan fingerprint density at radius 1 is 1.54 bits per heavy atom. The lowest BCUT2D eigenvalue weighted by molar-refractivity contribution is 0.0997. The molecule has 13 heavy (non-hydrogen) atoms. The van der Waals surface area contributed by atoms with Gasteiger partial charge in [-0.15, -0.1) is 0 Å². The Hall–Kier alpha value is -1.84. The smallest absolute Gasteiger partial charge is 0.249 e. The van der Waals surface area contributed by atoms with Gasteiger partial charge in [-0.25, -0.2) is 0 Å². The summed E-state index contributed by atoms with van der Waals surface area (Å²) in [6.45, 7) is -0.247. The van der Waals surface area contributed by atoms with Gasteiger partial charge in [0.05, 0.1) is 6.61 Å². The highest BCUT2D eigenvalue weighted by molar-refractivity contribution is 5.96. The Bertz CT molecular complexity index is 369. The third-order valence-corrected chi connectivity index (χ3v) is 1.55. The molecule has 0 unspecified atom stereocenters. The molecule has 5 nitrogen and oxygen atoms in total. The maximum absolute atomic E-state index is 11.1. The van der Waals surface area contributed by atoms with Gasteiger partial charge in [-0.1, -0.05) is 24.3 Å². The molecule has 5 heteroatoms. The van der Waals surface area contributed by atoms with Crippen molar-refractivity contribution in [1.29, 1.82) is 0 Å². The molecule has 0 fully saturated rings. The number of aliphatic hydroxyl groups excluding tert-OH is 1. The topological polar surface area (TPSA) is 86.1 Å². The summed E-state index contributed by atoms with van der Waals surface area (Å²) in [6, 6.07) is 6.43. The van der Waals surface area contributed by atoms with E-state index in [1.807, 2.05) is 0 Å². The Balaban J connectivity index is 3.12. The Labute approximate surface area is 74.3 Å². The molecule has 0 aromatic heterocycles. The Kier molecular flexibility index (Phi) is 3.03. The average Bonchev–Trinajstić information content (AvgIpc) is 2.18. The van der Waals surface area contributed by atoms with Gasteiger partial charge in [0.25, 0.3) is 0 Å². The molecule has 1 amide bonds. The number of hydrogen-bond donors (Lipinski definition) is 1. The molecule has 0 aliphatic carbocycles. The first-order valence-electron chi connectivity index (χ1n) is 3.57. The third-order valence-electron chi connectivity index (χ3n) is 1.55. The first-order valence-corrected chi connectivity index (χ1v) is 3.57. The molecule has 0 saturated heterocycles. The van der Waals surface area contributed by atoms with E-state index in [1.165, 1.54) is 6.07 Å². The fourth-order valence-electron chi connectivity index (χ4n) is 0.961. The van der Waals surface area contributed by atoms with Crippen LogP contribution in [-0.2, 0) is 6.61 Å². The van der Waals surface area contributed by atoms with Crippen LogP contribution in [0.25, 0.3) is 10.4 Å². The largest absolute Gasteiger partial charge is 0.392 e. The standard InChI is InChI=1S/C8H7N3O2/c9-11-10-8(13)7-4-2-1-3-6(7)5-12/h1-4,12H,5H2. The van der Waals surface area contributed by atoms with Gasteiger partial charge in [0.2, 0.25) is 5.91 Å². The predicted octanol–water partition coefficient (Wildman–Crippen LogP) is 1.63. The Morgan fingerprint density at radius 3 is 2.85 bits per heavy atom. The van der Waals surface area contributed by atoms with E-state index in [0.29, 0.717) is 5.56 Å². The van der Waals surface area contributed by atoms with Crippen LogP contribution in [0.2, 0.25) is 0 Å². The minimum absolute atomic E-state index is 0.239. The minimum Gasteiger partial charge on any atom is -0.392 e. The zero-order valence-corrected chi connectivity index (χ0v) is 6.71. The van der Waals surface area contributed by atoms with Gasteiger partial charge >= 0.3 is 0 Å². The van der Waals surface area contributed by atoms with Crippen LogP contribution >= 0.6 is 0 Å². The molecule has 1 N–H and O–H groups in total. The van der Waals surface area contributed by atoms with Gasteiger partial charge in [0.1, 0.15) is 0 Å². The fourth-order valence-corrected chi connectivity index (χ4v) is 0.961. The number of rotatable bonds is 2. The van der Waals surface area contributed by atoms with E-state index in [0.717, 1.165) is 0 Å². The molecule has 0 radical (unpaired) electrons. The monoisotopic (exact) mass is 177 g/mol. The molecular weight excluding hydrogens is 170 g/mol. The second-order valence-corrected chi connectivity index (χ2v) is 2.31. The molecule has 1 rings (SSSR count). The maximum atomic E-state index is 11.1. The number of amides is 1. The highest BCUT2D eigenvalue weighted by Gasteiger charge is 2.07. The molecule has 0 heterocycles. The van der Waals surface area contributed by atoms with E-state index in [-0.39, 0.29) is 12.2 Å². The highest BCUT2D eigenvalue weighted by Crippen LogP contribution is 2.09. The lowest BCUT2D eigenvalue weighted by atomic mass is 10.1. The van der Waals surface area contributed by atoms with E-state index in [2.05, 4.69) is 10.0 Å². The summed E-state index contributed by atoms with van der Waals surface area (Å²) in [5.74, 6) is -0.674. The number of azide groups is 1. The second kappa shape index (κ2) is 4.25. The number of hydrogen-bond acceptors (Lipinski definition) is 2. The van der Waals surface area contributed by atoms with Crippen molar-refractivity contribution in [2.45, 2.75) is 6.61 Å². The van der Waals surface area contributed by atoms with E-state index < -0.39 is 5.91 Å². The predicted molar refractivity (Wildman–Crippen MR) is 45.8 cm³/mol. The van der Waals surface area contributed by atoms with Gasteiger partial charge in [-0.2, -0.15) is 0 Å². The first-order chi connectivity index (χ1) is 6.29. The molecule has 1 aromatic rings. The minimum atomic E-state index is -0.674. The summed E-state index contributed by atoms with van der Waals surface area (Å²) >= 11 is 0. The number of benzene rings is 1. The molecule has 0 aliphatic rings. The van der Waals surface area contributed by atoms with Gasteiger partial charge in [-0.3, -0.25) is 4.79 Å². The summed E-state index contributed by atoms with van der Waals surface area (Å²) in [4.78, 5) is 13.5. The van der Waals surface area contributed by atoms with E-state index in [4.69, 9.17) is 10.6 Å². The van der Waals surface area contributed by atoms with Crippen LogP contribution in [0.3, 0.4) is 0 Å². The lowest BCUT2D eigenvalue weighted by Crippen LogP contribution is -1.99. The molecule has 0 atom stereocenters. The quantitative estimate of drug-likeness (QED) is 0.422. The van der Waals surface area contributed by atoms with Crippen molar-refractivity contribution in [2.24, 2.45) is 5.11 Å². The summed E-state index contributed by atoms with van der Waals surface area (Å²) in [6.07, 6.45) is 0. The van der Waals surface area contributed by atoms with Gasteiger partial charge in [0.15, 0.2) is 0 Å². The van der Waals surface area contributed by atoms with Crippen molar-refractivity contribution in [3.05, 3.63) is 45.8 Å². The van der Waals surface area contributed by atoms with Crippen LogP contribution in [-0.4, -0.2) is 11.0 Å². The van der Waals surface area contributed by atoms with Crippen molar-refractivity contribution in [1.82, 2.24) is 0 Å². The zero-order chi connectivity index (χ0) is 9.68. The summed E-state index contributed by atoms with van der Waals surface area (Å²) < 4.78 is 0. The first kappa shape index (κ1) is 9.25. The summed E-state index contributed by atoms with van der Waals surface area (Å²) in [5, 5.41) is 11.8. The molecule has 0 aliphatic heterocycles. The normalized spacial score (nSPS) is 9.00. The molecule has 66 valence electrons. The van der Waals surface area contributed by atoms with Gasteiger partial charge < -0.3 is 5.11 Å². The fraction of sp³-hybridized carbons (Fsp3) is 0.125. The van der Waals surface area contributed by atoms with E-state index >= 15 is 0 Å². The zero-order valence-electron chi connectivity index (χ0n) is 6.71. The van der Waals surface area contributed by atoms with Crippen molar-refractivity contribution in [3.8, 4) is 0 Å². The molecule has 1 aromatic carbocycles. The van der Waals surface area contributed by atoms with Crippen molar-refractivity contribution in [3.63, 3.8) is 0 Å². The number of aliphatic hydroxyl groups is 1. The Morgan fingerprint density at radius 2 is 2.23 bits per heavy atom. The van der Waals surface area contributed by atoms with Crippen LogP contribution in [0, 0.1) is 0 Å². The SMILES string of the molecule is [N-]=[N+]=NC(=O)c1ccccc1CO. The molecular formula is C8H7N3O2. The van der Waals surface area contributed by atoms with Crippen molar-refractivity contribution in [2.75, 3.05) is 0 Å². The lowest BCUT2D eigenvalue weighted by Gasteiger charge is -2.00. The second-order valence-electron chi connectivity index (χ2n) is 2.31. The average molecular weight is 177 g/mol. The van der Waals surface area contributed by atoms with E-state index in [9.17, 15) is 4.79 Å². The molecule has 0 spiro atoms. The number of carbonyl (C=O) groups excluding carboxylic acids is 1. The highest BCUT2D eigenvalue weighted by atomic mass is 16.3. The van der Waals surface area contributed by atoms with Crippen LogP contribution < -0.4 is 0 Å². The van der Waals surface area contributed by atoms with Gasteiger partial charge in [0, 0.05) is 10.5 Å². The molecule has 0 bridgehead atoms. The third kappa shape index (κ3) is 2.05. The summed E-state index contributed by atoms with van der Waals surface area (Å²) in [5.41, 5.74) is 8.73. The summed E-state index contributed by atoms with van der Waals surface area (Å²) in [7, 11) is 0. The van der Waals surface area contributed by atoms with Gasteiger partial charge in [-0.05, 0) is 16.2 Å². The van der Waals surface area contributed by atoms with Crippen LogP contribution in [0.5, 0.6) is 0 Å². The van der Waals surface area contributed by atoms with E-state index in [1.54, 1.807) is 18.2 Å².